The summed E-state index contributed by atoms with van der Waals surface area (Å²) in [6, 6.07) is 54.5. The number of halogens is 1. The van der Waals surface area contributed by atoms with E-state index in [2.05, 4.69) is 119 Å². The van der Waals surface area contributed by atoms with Gasteiger partial charge < -0.3 is 0 Å². The molecule has 43 heavy (non-hydrogen) atoms. The van der Waals surface area contributed by atoms with E-state index in [-0.39, 0.29) is 5.28 Å². The lowest BCUT2D eigenvalue weighted by Gasteiger charge is -2.10. The highest BCUT2D eigenvalue weighted by Gasteiger charge is 2.11. The van der Waals surface area contributed by atoms with Gasteiger partial charge in [-0.25, -0.2) is 4.98 Å². The molecule has 0 saturated heterocycles. The van der Waals surface area contributed by atoms with Crippen LogP contribution in [0.15, 0.2) is 158 Å². The maximum Gasteiger partial charge on any atom is 0.226 e. The van der Waals surface area contributed by atoms with Gasteiger partial charge in [0.25, 0.3) is 0 Å². The molecule has 0 aliphatic heterocycles. The topological polar surface area (TPSA) is 38.7 Å². The van der Waals surface area contributed by atoms with Crippen LogP contribution in [0.25, 0.3) is 67.3 Å². The Labute approximate surface area is 256 Å². The smallest absolute Gasteiger partial charge is 0.208 e. The lowest BCUT2D eigenvalue weighted by Crippen LogP contribution is -1.97. The Balaban J connectivity index is 1.17. The largest absolute Gasteiger partial charge is 0.226 e. The van der Waals surface area contributed by atoms with E-state index in [1.54, 1.807) is 0 Å². The Morgan fingerprint density at radius 1 is 0.279 bits per heavy atom. The van der Waals surface area contributed by atoms with Crippen molar-refractivity contribution >= 4 is 11.6 Å². The van der Waals surface area contributed by atoms with Crippen LogP contribution in [0, 0.1) is 0 Å². The molecule has 0 amide bonds. The van der Waals surface area contributed by atoms with Crippen molar-refractivity contribution in [2.24, 2.45) is 0 Å². The molecule has 6 aromatic carbocycles. The quantitative estimate of drug-likeness (QED) is 0.199. The van der Waals surface area contributed by atoms with Crippen molar-refractivity contribution in [2.45, 2.75) is 0 Å². The third kappa shape index (κ3) is 5.85. The van der Waals surface area contributed by atoms with Gasteiger partial charge in [-0.15, -0.1) is 0 Å². The fourth-order valence-corrected chi connectivity index (χ4v) is 5.44. The molecule has 3 nitrogen and oxygen atoms in total. The van der Waals surface area contributed by atoms with Gasteiger partial charge in [-0.05, 0) is 74.3 Å². The predicted octanol–water partition coefficient (Wildman–Crippen LogP) is 10.5. The first-order chi connectivity index (χ1) is 21.2. The maximum atomic E-state index is 6.40. The van der Waals surface area contributed by atoms with Crippen LogP contribution in [0.1, 0.15) is 0 Å². The number of benzene rings is 6. The van der Waals surface area contributed by atoms with E-state index in [0.29, 0.717) is 11.6 Å². The van der Waals surface area contributed by atoms with Gasteiger partial charge in [0.15, 0.2) is 11.6 Å². The van der Waals surface area contributed by atoms with E-state index in [1.807, 2.05) is 48.5 Å². The molecular weight excluding hydrogens is 546 g/mol. The van der Waals surface area contributed by atoms with Crippen molar-refractivity contribution in [2.75, 3.05) is 0 Å². The first-order valence-electron chi connectivity index (χ1n) is 14.1. The molecule has 1 aromatic heterocycles. The summed E-state index contributed by atoms with van der Waals surface area (Å²) in [7, 11) is 0. The van der Waals surface area contributed by atoms with E-state index in [4.69, 9.17) is 16.6 Å². The van der Waals surface area contributed by atoms with E-state index >= 15 is 0 Å². The molecule has 0 spiro atoms. The Kier molecular flexibility index (Phi) is 7.31. The van der Waals surface area contributed by atoms with Gasteiger partial charge in [0.1, 0.15) is 0 Å². The minimum Gasteiger partial charge on any atom is -0.208 e. The molecular formula is C39H26ClN3. The van der Waals surface area contributed by atoms with Crippen molar-refractivity contribution in [1.29, 1.82) is 0 Å². The van der Waals surface area contributed by atoms with Crippen LogP contribution in [0.2, 0.25) is 5.28 Å². The molecule has 0 atom stereocenters. The fourth-order valence-electron chi connectivity index (χ4n) is 5.28. The average Bonchev–Trinajstić information content (AvgIpc) is 3.09. The summed E-state index contributed by atoms with van der Waals surface area (Å²) < 4.78 is 0. The Morgan fingerprint density at radius 2 is 0.605 bits per heavy atom. The number of nitrogens with zero attached hydrogens (tertiary/aromatic N) is 3. The Hall–Kier alpha value is -5.38. The van der Waals surface area contributed by atoms with Gasteiger partial charge in [-0.2, -0.15) is 9.97 Å². The minimum absolute atomic E-state index is 0.166. The van der Waals surface area contributed by atoms with Gasteiger partial charge in [-0.1, -0.05) is 140 Å². The normalized spacial score (nSPS) is 10.9. The molecule has 0 aliphatic carbocycles. The van der Waals surface area contributed by atoms with Gasteiger partial charge >= 0.3 is 0 Å². The van der Waals surface area contributed by atoms with Gasteiger partial charge in [0.05, 0.1) is 0 Å². The predicted molar refractivity (Wildman–Crippen MR) is 177 cm³/mol. The van der Waals surface area contributed by atoms with Crippen molar-refractivity contribution in [1.82, 2.24) is 15.0 Å². The zero-order valence-corrected chi connectivity index (χ0v) is 24.0. The van der Waals surface area contributed by atoms with Crippen molar-refractivity contribution in [3.8, 4) is 67.3 Å². The molecule has 0 saturated carbocycles. The maximum absolute atomic E-state index is 6.40. The van der Waals surface area contributed by atoms with E-state index in [0.717, 1.165) is 33.4 Å². The van der Waals surface area contributed by atoms with E-state index in [9.17, 15) is 0 Å². The standard InChI is InChI=1S/C39H26ClN3/c40-39-42-37(41-38(43-39)36-19-9-16-33(26-36)28-12-5-2-6-13-28)30-22-20-29(21-23-30)32-15-8-18-35(25-32)34-17-7-14-31(24-34)27-10-3-1-4-11-27/h1-26H. The van der Waals surface area contributed by atoms with Crippen LogP contribution in [0.3, 0.4) is 0 Å². The third-order valence-corrected chi connectivity index (χ3v) is 7.65. The second kappa shape index (κ2) is 11.8. The van der Waals surface area contributed by atoms with Crippen LogP contribution in [-0.4, -0.2) is 15.0 Å². The highest BCUT2D eigenvalue weighted by Crippen LogP contribution is 2.31. The Morgan fingerprint density at radius 3 is 1.09 bits per heavy atom. The molecule has 0 fully saturated rings. The average molecular weight is 572 g/mol. The van der Waals surface area contributed by atoms with E-state index in [1.165, 1.54) is 22.3 Å². The van der Waals surface area contributed by atoms with Crippen LogP contribution in [0.5, 0.6) is 0 Å². The van der Waals surface area contributed by atoms with Crippen molar-refractivity contribution in [3.05, 3.63) is 163 Å². The lowest BCUT2D eigenvalue weighted by atomic mass is 9.96. The summed E-state index contributed by atoms with van der Waals surface area (Å²) in [6.07, 6.45) is 0. The lowest BCUT2D eigenvalue weighted by molar-refractivity contribution is 1.07. The number of rotatable bonds is 6. The summed E-state index contributed by atoms with van der Waals surface area (Å²) in [4.78, 5) is 13.7. The van der Waals surface area contributed by atoms with Crippen LogP contribution < -0.4 is 0 Å². The molecule has 0 unspecified atom stereocenters. The number of hydrogen-bond donors (Lipinski definition) is 0. The van der Waals surface area contributed by atoms with Crippen LogP contribution in [0.4, 0.5) is 0 Å². The molecule has 0 radical (unpaired) electrons. The third-order valence-electron chi connectivity index (χ3n) is 7.48. The van der Waals surface area contributed by atoms with Gasteiger partial charge in [0.2, 0.25) is 5.28 Å². The molecule has 0 N–H and O–H groups in total. The molecule has 0 bridgehead atoms. The Bertz CT molecular complexity index is 2020. The molecule has 0 aliphatic rings. The number of hydrogen-bond acceptors (Lipinski definition) is 3. The highest BCUT2D eigenvalue weighted by molar-refractivity contribution is 6.28. The minimum atomic E-state index is 0.166. The molecule has 204 valence electrons. The zero-order chi connectivity index (χ0) is 29.0. The molecule has 7 aromatic rings. The summed E-state index contributed by atoms with van der Waals surface area (Å²) >= 11 is 6.40. The van der Waals surface area contributed by atoms with Crippen LogP contribution >= 0.6 is 11.6 Å². The van der Waals surface area contributed by atoms with Crippen molar-refractivity contribution in [3.63, 3.8) is 0 Å². The van der Waals surface area contributed by atoms with Gasteiger partial charge in [-0.3, -0.25) is 0 Å². The summed E-state index contributed by atoms with van der Waals surface area (Å²) in [5.74, 6) is 1.08. The van der Waals surface area contributed by atoms with Crippen LogP contribution in [-0.2, 0) is 0 Å². The molecule has 7 rings (SSSR count). The SMILES string of the molecule is Clc1nc(-c2ccc(-c3cccc(-c4cccc(-c5ccccc5)c4)c3)cc2)nc(-c2cccc(-c3ccccc3)c2)n1. The first kappa shape index (κ1) is 26.5. The second-order valence-corrected chi connectivity index (χ2v) is 10.6. The van der Waals surface area contributed by atoms with Crippen molar-refractivity contribution < 1.29 is 0 Å². The summed E-state index contributed by atoms with van der Waals surface area (Å²) in [5.41, 5.74) is 11.0. The zero-order valence-electron chi connectivity index (χ0n) is 23.2. The fraction of sp³-hybridized carbons (Fsp3) is 0. The highest BCUT2D eigenvalue weighted by atomic mass is 35.5. The van der Waals surface area contributed by atoms with E-state index < -0.39 is 0 Å². The summed E-state index contributed by atoms with van der Waals surface area (Å²) in [6.45, 7) is 0. The monoisotopic (exact) mass is 571 g/mol. The van der Waals surface area contributed by atoms with Gasteiger partial charge in [0, 0.05) is 11.1 Å². The number of aromatic nitrogens is 3. The first-order valence-corrected chi connectivity index (χ1v) is 14.5. The molecule has 1 heterocycles. The molecule has 4 heteroatoms. The summed E-state index contributed by atoms with van der Waals surface area (Å²) in [5, 5.41) is 0.166. The second-order valence-electron chi connectivity index (χ2n) is 10.3.